The highest BCUT2D eigenvalue weighted by Gasteiger charge is 2.42. The summed E-state index contributed by atoms with van der Waals surface area (Å²) in [6.07, 6.45) is 0.474. The van der Waals surface area contributed by atoms with Crippen LogP contribution >= 0.6 is 11.3 Å². The summed E-state index contributed by atoms with van der Waals surface area (Å²) in [6.45, 7) is 8.31. The largest absolute Gasteiger partial charge is 0.481 e. The number of amides is 2. The molecule has 1 aliphatic rings. The van der Waals surface area contributed by atoms with Crippen molar-refractivity contribution in [2.24, 2.45) is 5.41 Å². The molecule has 1 saturated heterocycles. The number of hydrogen-bond donors (Lipinski definition) is 2. The molecule has 3 rings (SSSR count). The summed E-state index contributed by atoms with van der Waals surface area (Å²) < 4.78 is 0. The minimum atomic E-state index is -0.862. The summed E-state index contributed by atoms with van der Waals surface area (Å²) in [5.41, 5.74) is 2.31. The number of thiazole rings is 1. The number of carboxylic acids is 1. The average Bonchev–Trinajstić information content (AvgIpc) is 3.20. The van der Waals surface area contributed by atoms with E-state index in [0.29, 0.717) is 13.0 Å². The zero-order chi connectivity index (χ0) is 19.8. The fraction of sp³-hybridized carbons (Fsp3) is 0.450. The van der Waals surface area contributed by atoms with Gasteiger partial charge in [-0.05, 0) is 34.1 Å². The summed E-state index contributed by atoms with van der Waals surface area (Å²) in [5.74, 6) is -0.855. The lowest BCUT2D eigenvalue weighted by Crippen LogP contribution is -2.41. The Balaban J connectivity index is 1.69. The van der Waals surface area contributed by atoms with Gasteiger partial charge in [-0.1, -0.05) is 29.8 Å². The van der Waals surface area contributed by atoms with E-state index in [1.165, 1.54) is 5.56 Å². The standard InChI is InChI=1S/C20H25N3O3S/c1-12-5-7-15(8-6-12)17-21-13(2)16(27-17)14(3)22-19(26)23-10-9-20(4,11-23)18(24)25/h5-8,14H,9-11H2,1-4H3,(H,22,26)(H,24,25). The van der Waals surface area contributed by atoms with Crippen LogP contribution in [0.25, 0.3) is 10.6 Å². The first-order valence-corrected chi connectivity index (χ1v) is 9.84. The van der Waals surface area contributed by atoms with Crippen molar-refractivity contribution in [1.29, 1.82) is 0 Å². The van der Waals surface area contributed by atoms with Crippen molar-refractivity contribution < 1.29 is 14.7 Å². The molecule has 0 bridgehead atoms. The number of likely N-dealkylation sites (tertiary alicyclic amines) is 1. The van der Waals surface area contributed by atoms with Crippen molar-refractivity contribution in [2.75, 3.05) is 13.1 Å². The third kappa shape index (κ3) is 3.98. The van der Waals surface area contributed by atoms with Crippen LogP contribution in [0.5, 0.6) is 0 Å². The van der Waals surface area contributed by atoms with E-state index in [1.807, 2.05) is 20.8 Å². The molecule has 0 radical (unpaired) electrons. The number of nitrogens with one attached hydrogen (secondary N) is 1. The number of aliphatic carboxylic acids is 1. The van der Waals surface area contributed by atoms with E-state index in [-0.39, 0.29) is 18.6 Å². The van der Waals surface area contributed by atoms with Crippen molar-refractivity contribution in [2.45, 2.75) is 40.2 Å². The van der Waals surface area contributed by atoms with Crippen molar-refractivity contribution in [3.8, 4) is 10.6 Å². The second-order valence-electron chi connectivity index (χ2n) is 7.54. The molecule has 2 heterocycles. The van der Waals surface area contributed by atoms with E-state index in [2.05, 4.69) is 34.6 Å². The van der Waals surface area contributed by atoms with E-state index in [1.54, 1.807) is 23.2 Å². The average molecular weight is 388 g/mol. The molecule has 2 N–H and O–H groups in total. The Morgan fingerprint density at radius 3 is 2.56 bits per heavy atom. The Morgan fingerprint density at radius 2 is 1.96 bits per heavy atom. The minimum Gasteiger partial charge on any atom is -0.481 e. The predicted octanol–water partition coefficient (Wildman–Crippen LogP) is 3.99. The van der Waals surface area contributed by atoms with Crippen molar-refractivity contribution in [3.63, 3.8) is 0 Å². The third-order valence-corrected chi connectivity index (χ3v) is 6.53. The smallest absolute Gasteiger partial charge is 0.317 e. The first kappa shape index (κ1) is 19.4. The van der Waals surface area contributed by atoms with Gasteiger partial charge in [-0.2, -0.15) is 0 Å². The topological polar surface area (TPSA) is 82.5 Å². The molecular weight excluding hydrogens is 362 g/mol. The van der Waals surface area contributed by atoms with E-state index in [0.717, 1.165) is 21.1 Å². The number of aryl methyl sites for hydroxylation is 2. The van der Waals surface area contributed by atoms with Crippen LogP contribution in [0.15, 0.2) is 24.3 Å². The number of carboxylic acid groups (broad SMARTS) is 1. The number of aromatic nitrogens is 1. The highest BCUT2D eigenvalue weighted by atomic mass is 32.1. The van der Waals surface area contributed by atoms with Crippen molar-refractivity contribution >= 4 is 23.3 Å². The summed E-state index contributed by atoms with van der Waals surface area (Å²) in [4.78, 5) is 31.2. The summed E-state index contributed by atoms with van der Waals surface area (Å²) in [5, 5.41) is 13.3. The van der Waals surface area contributed by atoms with Gasteiger partial charge in [0, 0.05) is 18.7 Å². The Kier molecular flexibility index (Phi) is 5.24. The fourth-order valence-electron chi connectivity index (χ4n) is 3.28. The van der Waals surface area contributed by atoms with Gasteiger partial charge in [-0.25, -0.2) is 9.78 Å². The van der Waals surface area contributed by atoms with E-state index >= 15 is 0 Å². The quantitative estimate of drug-likeness (QED) is 0.831. The number of rotatable bonds is 4. The number of carbonyl (C=O) groups excluding carboxylic acids is 1. The molecule has 2 amide bonds. The first-order chi connectivity index (χ1) is 12.7. The zero-order valence-corrected chi connectivity index (χ0v) is 16.9. The molecule has 0 saturated carbocycles. The highest BCUT2D eigenvalue weighted by molar-refractivity contribution is 7.15. The van der Waals surface area contributed by atoms with Gasteiger partial charge in [0.25, 0.3) is 0 Å². The maximum Gasteiger partial charge on any atom is 0.317 e. The molecule has 2 aromatic rings. The lowest BCUT2D eigenvalue weighted by atomic mass is 9.90. The normalized spacial score (nSPS) is 20.5. The Labute approximate surface area is 163 Å². The van der Waals surface area contributed by atoms with Crippen LogP contribution in [-0.2, 0) is 4.79 Å². The Bertz CT molecular complexity index is 862. The SMILES string of the molecule is Cc1ccc(-c2nc(C)c(C(C)NC(=O)N3CCC(C)(C(=O)O)C3)s2)cc1. The summed E-state index contributed by atoms with van der Waals surface area (Å²) >= 11 is 1.58. The maximum absolute atomic E-state index is 12.6. The predicted molar refractivity (Wildman–Crippen MR) is 106 cm³/mol. The van der Waals surface area contributed by atoms with Gasteiger partial charge in [0.15, 0.2) is 0 Å². The van der Waals surface area contributed by atoms with E-state index < -0.39 is 11.4 Å². The van der Waals surface area contributed by atoms with Crippen LogP contribution < -0.4 is 5.32 Å². The minimum absolute atomic E-state index is 0.189. The van der Waals surface area contributed by atoms with Gasteiger partial charge in [0.2, 0.25) is 0 Å². The van der Waals surface area contributed by atoms with E-state index in [9.17, 15) is 14.7 Å². The van der Waals surface area contributed by atoms with Crippen LogP contribution in [0.3, 0.4) is 0 Å². The van der Waals surface area contributed by atoms with Gasteiger partial charge in [0.1, 0.15) is 5.01 Å². The molecule has 1 aromatic heterocycles. The monoisotopic (exact) mass is 387 g/mol. The molecule has 0 spiro atoms. The molecule has 1 aliphatic heterocycles. The molecular formula is C20H25N3O3S. The van der Waals surface area contributed by atoms with Crippen molar-refractivity contribution in [1.82, 2.24) is 15.2 Å². The Morgan fingerprint density at radius 1 is 1.30 bits per heavy atom. The van der Waals surface area contributed by atoms with Crippen LogP contribution in [0.4, 0.5) is 4.79 Å². The fourth-order valence-corrected chi connectivity index (χ4v) is 4.35. The zero-order valence-electron chi connectivity index (χ0n) is 16.1. The summed E-state index contributed by atoms with van der Waals surface area (Å²) in [7, 11) is 0. The number of carbonyl (C=O) groups is 2. The van der Waals surface area contributed by atoms with Crippen LogP contribution in [0.1, 0.15) is 42.4 Å². The van der Waals surface area contributed by atoms with Crippen LogP contribution in [-0.4, -0.2) is 40.1 Å². The Hall–Kier alpha value is -2.41. The second kappa shape index (κ2) is 7.31. The summed E-state index contributed by atoms with van der Waals surface area (Å²) in [6, 6.07) is 7.81. The van der Waals surface area contributed by atoms with Gasteiger partial charge in [-0.15, -0.1) is 11.3 Å². The molecule has 6 nitrogen and oxygen atoms in total. The van der Waals surface area contributed by atoms with Gasteiger partial charge < -0.3 is 15.3 Å². The second-order valence-corrected chi connectivity index (χ2v) is 8.57. The molecule has 2 atom stereocenters. The van der Waals surface area contributed by atoms with Crippen LogP contribution in [0, 0.1) is 19.3 Å². The number of urea groups is 1. The maximum atomic E-state index is 12.6. The first-order valence-electron chi connectivity index (χ1n) is 9.03. The van der Waals surface area contributed by atoms with Crippen LogP contribution in [0.2, 0.25) is 0 Å². The molecule has 7 heteroatoms. The molecule has 27 heavy (non-hydrogen) atoms. The number of nitrogens with zero attached hydrogens (tertiary/aromatic N) is 2. The highest BCUT2D eigenvalue weighted by Crippen LogP contribution is 2.33. The van der Waals surface area contributed by atoms with Gasteiger partial charge >= 0.3 is 12.0 Å². The number of hydrogen-bond acceptors (Lipinski definition) is 4. The molecule has 144 valence electrons. The van der Waals surface area contributed by atoms with Gasteiger partial charge in [-0.3, -0.25) is 4.79 Å². The number of benzene rings is 1. The molecule has 1 fully saturated rings. The lowest BCUT2D eigenvalue weighted by molar-refractivity contribution is -0.147. The lowest BCUT2D eigenvalue weighted by Gasteiger charge is -2.22. The van der Waals surface area contributed by atoms with Gasteiger partial charge in [0.05, 0.1) is 22.0 Å². The molecule has 2 unspecified atom stereocenters. The molecule has 0 aliphatic carbocycles. The molecule has 1 aromatic carbocycles. The van der Waals surface area contributed by atoms with Crippen molar-refractivity contribution in [3.05, 3.63) is 40.4 Å². The van der Waals surface area contributed by atoms with E-state index in [4.69, 9.17) is 0 Å². The third-order valence-electron chi connectivity index (χ3n) is 5.14.